The normalized spacial score (nSPS) is 17.2. The lowest BCUT2D eigenvalue weighted by Gasteiger charge is -2.30. The Balaban J connectivity index is 1.67. The van der Waals surface area contributed by atoms with Crippen LogP contribution in [0, 0.1) is 0 Å². The topological polar surface area (TPSA) is 68.6 Å². The number of ether oxygens (including phenoxy) is 2. The molecule has 0 bridgehead atoms. The minimum Gasteiger partial charge on any atom is -0.495 e. The third kappa shape index (κ3) is 4.13. The predicted molar refractivity (Wildman–Crippen MR) is 138 cm³/mol. The van der Waals surface area contributed by atoms with Crippen LogP contribution in [-0.2, 0) is 4.74 Å². The monoisotopic (exact) mass is 484 g/mol. The summed E-state index contributed by atoms with van der Waals surface area (Å²) >= 11 is 5.85. The molecule has 1 aliphatic heterocycles. The first kappa shape index (κ1) is 22.6. The molecule has 5 rings (SSSR count). The lowest BCUT2D eigenvalue weighted by Crippen LogP contribution is -2.30. The molecule has 0 unspecified atom stereocenters. The van der Waals surface area contributed by atoms with Crippen molar-refractivity contribution in [2.45, 2.75) is 12.1 Å². The summed E-state index contributed by atoms with van der Waals surface area (Å²) in [6.07, 6.45) is 3.75. The number of nitrogens with one attached hydrogen (secondary N) is 1. The Bertz CT molecular complexity index is 1370. The molecule has 1 fully saturated rings. The Labute approximate surface area is 208 Å². The number of para-hydroxylation sites is 2. The molecular formula is C27H24N4O3S. The van der Waals surface area contributed by atoms with Crippen molar-refractivity contribution in [2.24, 2.45) is 0 Å². The van der Waals surface area contributed by atoms with E-state index in [2.05, 4.69) is 25.8 Å². The van der Waals surface area contributed by atoms with Crippen molar-refractivity contribution < 1.29 is 14.3 Å². The number of thiocarbonyl (C=S) groups is 1. The van der Waals surface area contributed by atoms with Gasteiger partial charge < -0.3 is 24.3 Å². The van der Waals surface area contributed by atoms with Gasteiger partial charge >= 0.3 is 5.97 Å². The average Bonchev–Trinajstić information content (AvgIpc) is 3.53. The van der Waals surface area contributed by atoms with Crippen molar-refractivity contribution >= 4 is 29.0 Å². The number of esters is 1. The van der Waals surface area contributed by atoms with Crippen molar-refractivity contribution in [1.29, 1.82) is 0 Å². The van der Waals surface area contributed by atoms with E-state index in [9.17, 15) is 4.79 Å². The van der Waals surface area contributed by atoms with Crippen LogP contribution >= 0.6 is 12.2 Å². The standard InChI is InChI=1S/C27H24N4O3S/c1-33-23-14-4-3-12-21(23)31-25(24(29-27(31)35)20-11-5-6-15-28-20)22-13-8-16-30(22)19-10-7-9-18(17-19)26(32)34-2/h3-17,24-25H,1-2H3,(H,29,35)/t24-,25+/m1/s1. The van der Waals surface area contributed by atoms with Crippen molar-refractivity contribution in [3.63, 3.8) is 0 Å². The molecule has 0 aliphatic carbocycles. The molecule has 0 spiro atoms. The van der Waals surface area contributed by atoms with Crippen LogP contribution in [0.3, 0.4) is 0 Å². The molecule has 1 aliphatic rings. The van der Waals surface area contributed by atoms with Crippen molar-refractivity contribution in [3.8, 4) is 11.4 Å². The number of aromatic nitrogens is 2. The van der Waals surface area contributed by atoms with Crippen LogP contribution in [0.4, 0.5) is 5.69 Å². The van der Waals surface area contributed by atoms with Gasteiger partial charge in [0.15, 0.2) is 5.11 Å². The summed E-state index contributed by atoms with van der Waals surface area (Å²) in [5, 5.41) is 4.05. The number of rotatable bonds is 6. The number of carbonyl (C=O) groups is 1. The summed E-state index contributed by atoms with van der Waals surface area (Å²) in [4.78, 5) is 18.9. The van der Waals surface area contributed by atoms with Crippen LogP contribution in [0.2, 0.25) is 0 Å². The Morgan fingerprint density at radius 2 is 1.83 bits per heavy atom. The van der Waals surface area contributed by atoms with Gasteiger partial charge in [0.1, 0.15) is 11.8 Å². The number of anilines is 1. The summed E-state index contributed by atoms with van der Waals surface area (Å²) in [5.41, 5.74) is 4.01. The van der Waals surface area contributed by atoms with Gasteiger partial charge in [0, 0.05) is 23.8 Å². The highest BCUT2D eigenvalue weighted by Gasteiger charge is 2.43. The lowest BCUT2D eigenvalue weighted by atomic mass is 10.0. The van der Waals surface area contributed by atoms with Gasteiger partial charge in [-0.25, -0.2) is 4.79 Å². The van der Waals surface area contributed by atoms with E-state index in [0.717, 1.165) is 22.8 Å². The maximum Gasteiger partial charge on any atom is 0.337 e. The highest BCUT2D eigenvalue weighted by molar-refractivity contribution is 7.80. The average molecular weight is 485 g/mol. The van der Waals surface area contributed by atoms with E-state index in [1.165, 1.54) is 7.11 Å². The van der Waals surface area contributed by atoms with Crippen molar-refractivity contribution in [2.75, 3.05) is 19.1 Å². The SMILES string of the molecule is COC(=O)c1cccc(-n2cccc2[C@H]2[C@@H](c3ccccn3)NC(=S)N2c2ccccc2OC)c1. The summed E-state index contributed by atoms with van der Waals surface area (Å²) in [7, 11) is 3.03. The maximum atomic E-state index is 12.2. The van der Waals surface area contributed by atoms with Gasteiger partial charge in [0.05, 0.1) is 37.2 Å². The predicted octanol–water partition coefficient (Wildman–Crippen LogP) is 4.84. The third-order valence-electron chi connectivity index (χ3n) is 6.07. The van der Waals surface area contributed by atoms with Crippen LogP contribution in [-0.4, -0.2) is 34.9 Å². The van der Waals surface area contributed by atoms with Gasteiger partial charge in [-0.1, -0.05) is 24.3 Å². The van der Waals surface area contributed by atoms with Gasteiger partial charge in [-0.2, -0.15) is 0 Å². The number of nitrogens with zero attached hydrogens (tertiary/aromatic N) is 3. The molecule has 0 amide bonds. The molecule has 2 aromatic carbocycles. The quantitative estimate of drug-likeness (QED) is 0.310. The van der Waals surface area contributed by atoms with Gasteiger partial charge in [0.2, 0.25) is 0 Å². The van der Waals surface area contributed by atoms with E-state index in [-0.39, 0.29) is 18.1 Å². The number of carbonyl (C=O) groups excluding carboxylic acids is 1. The summed E-state index contributed by atoms with van der Waals surface area (Å²) in [6.45, 7) is 0. The molecule has 1 saturated heterocycles. The van der Waals surface area contributed by atoms with Crippen molar-refractivity contribution in [1.82, 2.24) is 14.9 Å². The second-order valence-electron chi connectivity index (χ2n) is 8.01. The number of hydrogen-bond acceptors (Lipinski definition) is 5. The highest BCUT2D eigenvalue weighted by Crippen LogP contribution is 2.44. The smallest absolute Gasteiger partial charge is 0.337 e. The molecule has 1 N–H and O–H groups in total. The fourth-order valence-electron chi connectivity index (χ4n) is 4.51. The fraction of sp³-hybridized carbons (Fsp3) is 0.148. The first-order valence-corrected chi connectivity index (χ1v) is 11.5. The first-order chi connectivity index (χ1) is 17.1. The molecule has 2 aromatic heterocycles. The molecule has 176 valence electrons. The van der Waals surface area contributed by atoms with E-state index in [0.29, 0.717) is 16.4 Å². The molecule has 0 saturated carbocycles. The van der Waals surface area contributed by atoms with E-state index in [4.69, 9.17) is 21.7 Å². The minimum atomic E-state index is -0.383. The molecule has 35 heavy (non-hydrogen) atoms. The second-order valence-corrected chi connectivity index (χ2v) is 8.40. The van der Waals surface area contributed by atoms with E-state index < -0.39 is 0 Å². The molecule has 3 heterocycles. The second kappa shape index (κ2) is 9.60. The molecule has 7 nitrogen and oxygen atoms in total. The van der Waals surface area contributed by atoms with Gasteiger partial charge in [-0.3, -0.25) is 4.98 Å². The zero-order chi connectivity index (χ0) is 24.4. The highest BCUT2D eigenvalue weighted by atomic mass is 32.1. The van der Waals surface area contributed by atoms with Crippen LogP contribution in [0.5, 0.6) is 5.75 Å². The molecule has 0 radical (unpaired) electrons. The number of benzene rings is 2. The molecule has 2 atom stereocenters. The minimum absolute atomic E-state index is 0.217. The molecule has 8 heteroatoms. The van der Waals surface area contributed by atoms with E-state index in [1.807, 2.05) is 72.9 Å². The summed E-state index contributed by atoms with van der Waals surface area (Å²) in [5.74, 6) is 0.334. The van der Waals surface area contributed by atoms with Crippen LogP contribution in [0.1, 0.15) is 33.8 Å². The Kier molecular flexibility index (Phi) is 6.20. The zero-order valence-corrected chi connectivity index (χ0v) is 20.1. The Morgan fingerprint density at radius 1 is 1.00 bits per heavy atom. The summed E-state index contributed by atoms with van der Waals surface area (Å²) < 4.78 is 12.7. The Hall–Kier alpha value is -4.17. The van der Waals surface area contributed by atoms with Gasteiger partial charge in [-0.15, -0.1) is 0 Å². The van der Waals surface area contributed by atoms with Gasteiger partial charge in [-0.05, 0) is 66.8 Å². The molecular weight excluding hydrogens is 460 g/mol. The number of hydrogen-bond donors (Lipinski definition) is 1. The van der Waals surface area contributed by atoms with Crippen LogP contribution < -0.4 is 15.0 Å². The summed E-state index contributed by atoms with van der Waals surface area (Å²) in [6, 6.07) is 24.6. The zero-order valence-electron chi connectivity index (χ0n) is 19.3. The third-order valence-corrected chi connectivity index (χ3v) is 6.39. The van der Waals surface area contributed by atoms with E-state index in [1.54, 1.807) is 19.4 Å². The van der Waals surface area contributed by atoms with Gasteiger partial charge in [0.25, 0.3) is 0 Å². The first-order valence-electron chi connectivity index (χ1n) is 11.1. The number of methoxy groups -OCH3 is 2. The van der Waals surface area contributed by atoms with E-state index >= 15 is 0 Å². The lowest BCUT2D eigenvalue weighted by molar-refractivity contribution is 0.0600. The van der Waals surface area contributed by atoms with Crippen LogP contribution in [0.25, 0.3) is 5.69 Å². The van der Waals surface area contributed by atoms with Crippen LogP contribution in [0.15, 0.2) is 91.3 Å². The fourth-order valence-corrected chi connectivity index (χ4v) is 4.85. The number of pyridine rings is 1. The van der Waals surface area contributed by atoms with Crippen molar-refractivity contribution in [3.05, 3.63) is 108 Å². The Morgan fingerprint density at radius 3 is 2.60 bits per heavy atom. The maximum absolute atomic E-state index is 12.2. The molecule has 4 aromatic rings. The largest absolute Gasteiger partial charge is 0.495 e.